The molecule has 2 aromatic heterocycles. The van der Waals surface area contributed by atoms with Crippen LogP contribution in [0.4, 0.5) is 19.0 Å². The third-order valence-electron chi connectivity index (χ3n) is 2.27. The molecule has 0 saturated heterocycles. The number of pyridine rings is 2. The second kappa shape index (κ2) is 5.96. The van der Waals surface area contributed by atoms with Crippen LogP contribution in [-0.4, -0.2) is 9.97 Å². The Kier molecular flexibility index (Phi) is 4.29. The van der Waals surface area contributed by atoms with E-state index in [0.717, 1.165) is 6.07 Å². The molecule has 0 unspecified atom stereocenters. The average molecular weight is 301 g/mol. The van der Waals surface area contributed by atoms with Crippen LogP contribution >= 0.6 is 11.6 Å². The molecule has 0 aliphatic carbocycles. The molecule has 0 aliphatic heterocycles. The summed E-state index contributed by atoms with van der Waals surface area (Å²) in [5, 5.41) is 7.29. The molecule has 0 N–H and O–H groups in total. The highest BCUT2D eigenvalue weighted by molar-refractivity contribution is 6.32. The Labute approximate surface area is 117 Å². The highest BCUT2D eigenvalue weighted by Gasteiger charge is 2.31. The highest BCUT2D eigenvalue weighted by atomic mass is 35.5. The fraction of sp³-hybridized carbons (Fsp3) is 0.167. The first kappa shape index (κ1) is 14.4. The summed E-state index contributed by atoms with van der Waals surface area (Å²) >= 11 is 5.69. The lowest BCUT2D eigenvalue weighted by Gasteiger charge is -2.06. The first-order valence-corrected chi connectivity index (χ1v) is 5.85. The average Bonchev–Trinajstić information content (AvgIpc) is 2.40. The Bertz CT molecular complexity index is 614. The molecule has 0 aromatic carbocycles. The van der Waals surface area contributed by atoms with E-state index in [1.807, 2.05) is 0 Å². The maximum atomic E-state index is 12.4. The molecular formula is C12H8ClF3N4. The zero-order valence-electron chi connectivity index (χ0n) is 9.97. The lowest BCUT2D eigenvalue weighted by molar-refractivity contribution is -0.137. The number of hydrogen-bond donors (Lipinski definition) is 0. The Hall–Kier alpha value is -2.02. The van der Waals surface area contributed by atoms with Crippen molar-refractivity contribution in [2.75, 3.05) is 0 Å². The van der Waals surface area contributed by atoms with E-state index in [1.54, 1.807) is 24.4 Å². The number of alkyl halides is 3. The van der Waals surface area contributed by atoms with Gasteiger partial charge in [-0.15, -0.1) is 5.11 Å². The molecule has 0 atom stereocenters. The largest absolute Gasteiger partial charge is 0.417 e. The van der Waals surface area contributed by atoms with Gasteiger partial charge in [-0.1, -0.05) is 17.7 Å². The summed E-state index contributed by atoms with van der Waals surface area (Å²) in [5.74, 6) is -0.0596. The zero-order chi connectivity index (χ0) is 14.6. The van der Waals surface area contributed by atoms with Gasteiger partial charge in [0, 0.05) is 12.4 Å². The number of halogens is 4. The molecule has 2 heterocycles. The number of rotatable bonds is 3. The summed E-state index contributed by atoms with van der Waals surface area (Å²) in [5.41, 5.74) is -0.245. The predicted molar refractivity (Wildman–Crippen MR) is 66.7 cm³/mol. The summed E-state index contributed by atoms with van der Waals surface area (Å²) in [6.45, 7) is 0.194. The fourth-order valence-corrected chi connectivity index (χ4v) is 1.53. The van der Waals surface area contributed by atoms with Crippen molar-refractivity contribution in [1.29, 1.82) is 0 Å². The molecule has 0 spiro atoms. The van der Waals surface area contributed by atoms with Gasteiger partial charge in [0.25, 0.3) is 0 Å². The van der Waals surface area contributed by atoms with Crippen LogP contribution in [-0.2, 0) is 12.7 Å². The van der Waals surface area contributed by atoms with Gasteiger partial charge in [0.2, 0.25) is 0 Å². The lowest BCUT2D eigenvalue weighted by atomic mass is 10.3. The predicted octanol–water partition coefficient (Wildman–Crippen LogP) is 4.43. The molecule has 0 amide bonds. The Morgan fingerprint density at radius 3 is 2.60 bits per heavy atom. The SMILES string of the molecule is FC(F)(F)c1cnc(N=NCc2ccccn2)c(Cl)c1. The lowest BCUT2D eigenvalue weighted by Crippen LogP contribution is -2.05. The van der Waals surface area contributed by atoms with E-state index in [2.05, 4.69) is 20.2 Å². The van der Waals surface area contributed by atoms with Gasteiger partial charge in [0.1, 0.15) is 6.54 Å². The van der Waals surface area contributed by atoms with Gasteiger partial charge in [-0.05, 0) is 18.2 Å². The van der Waals surface area contributed by atoms with Crippen molar-refractivity contribution in [3.63, 3.8) is 0 Å². The van der Waals surface area contributed by atoms with Crippen molar-refractivity contribution in [1.82, 2.24) is 9.97 Å². The molecular weight excluding hydrogens is 293 g/mol. The third kappa shape index (κ3) is 3.74. The molecule has 0 aliphatic rings. The van der Waals surface area contributed by atoms with E-state index >= 15 is 0 Å². The number of hydrogen-bond acceptors (Lipinski definition) is 4. The highest BCUT2D eigenvalue weighted by Crippen LogP contribution is 2.33. The van der Waals surface area contributed by atoms with Crippen LogP contribution in [0.15, 0.2) is 46.9 Å². The Morgan fingerprint density at radius 1 is 1.20 bits per heavy atom. The van der Waals surface area contributed by atoms with Crippen molar-refractivity contribution in [2.24, 2.45) is 10.2 Å². The minimum Gasteiger partial charge on any atom is -0.259 e. The van der Waals surface area contributed by atoms with E-state index in [0.29, 0.717) is 11.9 Å². The van der Waals surface area contributed by atoms with Gasteiger partial charge in [0.05, 0.1) is 16.3 Å². The van der Waals surface area contributed by atoms with Crippen LogP contribution in [0.3, 0.4) is 0 Å². The zero-order valence-corrected chi connectivity index (χ0v) is 10.7. The second-order valence-corrected chi connectivity index (χ2v) is 4.15. The third-order valence-corrected chi connectivity index (χ3v) is 2.55. The summed E-state index contributed by atoms with van der Waals surface area (Å²) in [7, 11) is 0. The summed E-state index contributed by atoms with van der Waals surface area (Å²) < 4.78 is 37.2. The van der Waals surface area contributed by atoms with Crippen LogP contribution in [0.5, 0.6) is 0 Å². The van der Waals surface area contributed by atoms with Crippen LogP contribution in [0.2, 0.25) is 5.02 Å². The first-order chi connectivity index (χ1) is 9.47. The summed E-state index contributed by atoms with van der Waals surface area (Å²) in [6, 6.07) is 6.07. The molecule has 2 rings (SSSR count). The van der Waals surface area contributed by atoms with Gasteiger partial charge in [-0.3, -0.25) is 4.98 Å². The van der Waals surface area contributed by atoms with Gasteiger partial charge in [-0.25, -0.2) is 4.98 Å². The topological polar surface area (TPSA) is 50.5 Å². The summed E-state index contributed by atoms with van der Waals surface area (Å²) in [6.07, 6.45) is -2.21. The van der Waals surface area contributed by atoms with E-state index in [1.165, 1.54) is 0 Å². The Morgan fingerprint density at radius 2 is 2.00 bits per heavy atom. The van der Waals surface area contributed by atoms with Crippen LogP contribution < -0.4 is 0 Å². The maximum Gasteiger partial charge on any atom is 0.417 e. The normalized spacial score (nSPS) is 12.0. The molecule has 104 valence electrons. The summed E-state index contributed by atoms with van der Waals surface area (Å²) in [4.78, 5) is 7.57. The van der Waals surface area contributed by atoms with Crippen molar-refractivity contribution in [3.05, 3.63) is 52.9 Å². The van der Waals surface area contributed by atoms with Crippen molar-refractivity contribution >= 4 is 17.4 Å². The quantitative estimate of drug-likeness (QED) is 0.787. The fourth-order valence-electron chi connectivity index (χ4n) is 1.33. The number of aromatic nitrogens is 2. The van der Waals surface area contributed by atoms with Crippen molar-refractivity contribution in [2.45, 2.75) is 12.7 Å². The maximum absolute atomic E-state index is 12.4. The van der Waals surface area contributed by atoms with Gasteiger partial charge in [-0.2, -0.15) is 18.3 Å². The first-order valence-electron chi connectivity index (χ1n) is 5.47. The van der Waals surface area contributed by atoms with E-state index in [9.17, 15) is 13.2 Å². The van der Waals surface area contributed by atoms with Gasteiger partial charge >= 0.3 is 6.18 Å². The molecule has 2 aromatic rings. The molecule has 20 heavy (non-hydrogen) atoms. The standard InChI is InChI=1S/C12H8ClF3N4/c13-10-5-8(12(14,15)16)6-18-11(10)20-19-7-9-3-1-2-4-17-9/h1-6H,7H2. The van der Waals surface area contributed by atoms with E-state index < -0.39 is 11.7 Å². The van der Waals surface area contributed by atoms with Crippen LogP contribution in [0, 0.1) is 0 Å². The van der Waals surface area contributed by atoms with Crippen molar-refractivity contribution < 1.29 is 13.2 Å². The van der Waals surface area contributed by atoms with Crippen LogP contribution in [0.1, 0.15) is 11.3 Å². The Balaban J connectivity index is 2.10. The van der Waals surface area contributed by atoms with Gasteiger partial charge in [0.15, 0.2) is 5.82 Å². The number of nitrogens with zero attached hydrogens (tertiary/aromatic N) is 4. The molecule has 0 saturated carbocycles. The molecule has 8 heteroatoms. The second-order valence-electron chi connectivity index (χ2n) is 3.75. The molecule has 0 radical (unpaired) electrons. The van der Waals surface area contributed by atoms with E-state index in [4.69, 9.17) is 11.6 Å². The minimum absolute atomic E-state index is 0.0596. The minimum atomic E-state index is -4.49. The number of azo groups is 1. The molecule has 4 nitrogen and oxygen atoms in total. The van der Waals surface area contributed by atoms with Gasteiger partial charge < -0.3 is 0 Å². The van der Waals surface area contributed by atoms with Crippen molar-refractivity contribution in [3.8, 4) is 0 Å². The van der Waals surface area contributed by atoms with Crippen LogP contribution in [0.25, 0.3) is 0 Å². The van der Waals surface area contributed by atoms with E-state index in [-0.39, 0.29) is 17.4 Å². The molecule has 0 bridgehead atoms. The molecule has 0 fully saturated rings. The smallest absolute Gasteiger partial charge is 0.259 e. The monoisotopic (exact) mass is 300 g/mol.